The second kappa shape index (κ2) is 9.94. The summed E-state index contributed by atoms with van der Waals surface area (Å²) in [6.45, 7) is 2.29. The first-order chi connectivity index (χ1) is 15.6. The van der Waals surface area contributed by atoms with Crippen molar-refractivity contribution in [2.24, 2.45) is 0 Å². The molecule has 1 amide bonds. The van der Waals surface area contributed by atoms with Crippen LogP contribution in [0.15, 0.2) is 85.3 Å². The number of carbonyl (C=O) groups excluding carboxylic acids is 1. The van der Waals surface area contributed by atoms with Crippen LogP contribution in [0.3, 0.4) is 0 Å². The lowest BCUT2D eigenvalue weighted by Gasteiger charge is -2.09. The minimum absolute atomic E-state index is 0.237. The topological polar surface area (TPSA) is 73.3 Å². The molecular formula is C25H20ClN3O3. The number of nitrogens with one attached hydrogen (secondary N) is 1. The molecule has 4 rings (SSSR count). The van der Waals surface area contributed by atoms with Crippen molar-refractivity contribution in [1.82, 2.24) is 9.97 Å². The lowest BCUT2D eigenvalue weighted by molar-refractivity contribution is 0.102. The molecule has 0 saturated carbocycles. The normalized spacial score (nSPS) is 10.4. The van der Waals surface area contributed by atoms with Crippen LogP contribution in [0.4, 0.5) is 5.69 Å². The molecule has 0 bridgehead atoms. The maximum Gasteiger partial charge on any atom is 0.257 e. The predicted octanol–water partition coefficient (Wildman–Crippen LogP) is 6.06. The molecule has 0 aliphatic carbocycles. The van der Waals surface area contributed by atoms with Gasteiger partial charge in [-0.2, -0.15) is 0 Å². The van der Waals surface area contributed by atoms with Gasteiger partial charge in [-0.1, -0.05) is 23.7 Å². The van der Waals surface area contributed by atoms with Gasteiger partial charge in [0.15, 0.2) is 0 Å². The smallest absolute Gasteiger partial charge is 0.257 e. The fraction of sp³-hybridized carbons (Fsp3) is 0.0800. The molecule has 7 heteroatoms. The lowest BCUT2D eigenvalue weighted by atomic mass is 10.1. The molecule has 0 aliphatic rings. The predicted molar refractivity (Wildman–Crippen MR) is 123 cm³/mol. The average molecular weight is 446 g/mol. The zero-order valence-corrected chi connectivity index (χ0v) is 18.0. The first-order valence-electron chi connectivity index (χ1n) is 9.90. The van der Waals surface area contributed by atoms with E-state index in [9.17, 15) is 4.79 Å². The van der Waals surface area contributed by atoms with Crippen molar-refractivity contribution in [2.75, 3.05) is 5.32 Å². The Bertz CT molecular complexity index is 1210. The van der Waals surface area contributed by atoms with Crippen LogP contribution in [0, 0.1) is 6.92 Å². The van der Waals surface area contributed by atoms with E-state index in [2.05, 4.69) is 15.3 Å². The number of nitrogens with zero attached hydrogens (tertiary/aromatic N) is 2. The number of carbonyl (C=O) groups is 1. The van der Waals surface area contributed by atoms with Gasteiger partial charge >= 0.3 is 0 Å². The maximum atomic E-state index is 12.4. The van der Waals surface area contributed by atoms with Crippen LogP contribution in [-0.4, -0.2) is 15.9 Å². The highest BCUT2D eigenvalue weighted by atomic mass is 35.5. The van der Waals surface area contributed by atoms with Gasteiger partial charge in [0, 0.05) is 23.5 Å². The van der Waals surface area contributed by atoms with Crippen LogP contribution in [0.5, 0.6) is 17.4 Å². The second-order valence-electron chi connectivity index (χ2n) is 7.02. The summed E-state index contributed by atoms with van der Waals surface area (Å²) in [7, 11) is 0. The Kier molecular flexibility index (Phi) is 6.63. The highest BCUT2D eigenvalue weighted by Crippen LogP contribution is 2.24. The number of anilines is 1. The molecule has 0 aliphatic heterocycles. The van der Waals surface area contributed by atoms with Crippen molar-refractivity contribution in [3.05, 3.63) is 107 Å². The number of benzene rings is 2. The van der Waals surface area contributed by atoms with Crippen molar-refractivity contribution in [2.45, 2.75) is 13.5 Å². The number of hydrogen-bond acceptors (Lipinski definition) is 5. The standard InChI is InChI=1S/C25H20ClN3O3/c1-17-11-12-27-15-23(17)25(30)29-20-5-10-24(28-14-20)32-22-8-6-21(7-9-22)31-16-18-3-2-4-19(26)13-18/h2-15H,16H2,1H3,(H,29,30). The summed E-state index contributed by atoms with van der Waals surface area (Å²) < 4.78 is 11.5. The fourth-order valence-corrected chi connectivity index (χ4v) is 3.15. The quantitative estimate of drug-likeness (QED) is 0.374. The first kappa shape index (κ1) is 21.3. The van der Waals surface area contributed by atoms with E-state index in [4.69, 9.17) is 21.1 Å². The molecule has 0 unspecified atom stereocenters. The Labute approximate surface area is 190 Å². The van der Waals surface area contributed by atoms with Crippen LogP contribution in [0.2, 0.25) is 5.02 Å². The molecule has 0 atom stereocenters. The van der Waals surface area contributed by atoms with E-state index in [0.29, 0.717) is 40.3 Å². The van der Waals surface area contributed by atoms with Gasteiger partial charge < -0.3 is 14.8 Å². The summed E-state index contributed by atoms with van der Waals surface area (Å²) in [5.41, 5.74) is 2.93. The maximum absolute atomic E-state index is 12.4. The van der Waals surface area contributed by atoms with E-state index in [1.54, 1.807) is 42.7 Å². The number of aryl methyl sites for hydroxylation is 1. The third kappa shape index (κ3) is 5.62. The summed E-state index contributed by atoms with van der Waals surface area (Å²) in [6, 6.07) is 20.0. The van der Waals surface area contributed by atoms with Crippen LogP contribution in [0.1, 0.15) is 21.5 Å². The third-order valence-corrected chi connectivity index (χ3v) is 4.85. The summed E-state index contributed by atoms with van der Waals surface area (Å²) in [5.74, 6) is 1.51. The molecule has 6 nitrogen and oxygen atoms in total. The number of aromatic nitrogens is 2. The van der Waals surface area contributed by atoms with Gasteiger partial charge in [0.1, 0.15) is 18.1 Å². The van der Waals surface area contributed by atoms with Crippen LogP contribution in [0.25, 0.3) is 0 Å². The zero-order valence-electron chi connectivity index (χ0n) is 17.3. The monoisotopic (exact) mass is 445 g/mol. The van der Waals surface area contributed by atoms with Gasteiger partial charge in [0.25, 0.3) is 5.91 Å². The van der Waals surface area contributed by atoms with Gasteiger partial charge in [-0.15, -0.1) is 0 Å². The number of rotatable bonds is 7. The highest BCUT2D eigenvalue weighted by molar-refractivity contribution is 6.30. The number of ether oxygens (including phenoxy) is 2. The van der Waals surface area contributed by atoms with Gasteiger partial charge in [-0.3, -0.25) is 9.78 Å². The van der Waals surface area contributed by atoms with Crippen LogP contribution >= 0.6 is 11.6 Å². The van der Waals surface area contributed by atoms with Crippen molar-refractivity contribution < 1.29 is 14.3 Å². The highest BCUT2D eigenvalue weighted by Gasteiger charge is 2.10. The van der Waals surface area contributed by atoms with E-state index in [-0.39, 0.29) is 5.91 Å². The molecular weight excluding hydrogens is 426 g/mol. The Balaban J connectivity index is 1.32. The van der Waals surface area contributed by atoms with Gasteiger partial charge in [0.2, 0.25) is 5.88 Å². The van der Waals surface area contributed by atoms with Gasteiger partial charge in [-0.05, 0) is 66.6 Å². The SMILES string of the molecule is Cc1ccncc1C(=O)Nc1ccc(Oc2ccc(OCc3cccc(Cl)c3)cc2)nc1. The fourth-order valence-electron chi connectivity index (χ4n) is 2.93. The molecule has 1 N–H and O–H groups in total. The Hall–Kier alpha value is -3.90. The Morgan fingerprint density at radius 1 is 1.00 bits per heavy atom. The van der Waals surface area contributed by atoms with Crippen LogP contribution < -0.4 is 14.8 Å². The molecule has 2 aromatic heterocycles. The summed E-state index contributed by atoms with van der Waals surface area (Å²) in [5, 5.41) is 3.49. The first-order valence-corrected chi connectivity index (χ1v) is 10.3. The number of pyridine rings is 2. The number of halogens is 1. The van der Waals surface area contributed by atoms with Crippen LogP contribution in [-0.2, 0) is 6.61 Å². The third-order valence-electron chi connectivity index (χ3n) is 4.62. The van der Waals surface area contributed by atoms with Gasteiger partial charge in [0.05, 0.1) is 17.4 Å². The largest absolute Gasteiger partial charge is 0.489 e. The molecule has 0 fully saturated rings. The molecule has 0 saturated heterocycles. The minimum atomic E-state index is -0.237. The van der Waals surface area contributed by atoms with E-state index in [1.807, 2.05) is 43.3 Å². The molecule has 2 aromatic carbocycles. The van der Waals surface area contributed by atoms with Gasteiger partial charge in [-0.25, -0.2) is 4.98 Å². The molecule has 2 heterocycles. The van der Waals surface area contributed by atoms with E-state index < -0.39 is 0 Å². The molecule has 4 aromatic rings. The molecule has 0 spiro atoms. The summed E-state index contributed by atoms with van der Waals surface area (Å²) in [4.78, 5) is 20.6. The average Bonchev–Trinajstić information content (AvgIpc) is 2.80. The minimum Gasteiger partial charge on any atom is -0.489 e. The Morgan fingerprint density at radius 3 is 2.53 bits per heavy atom. The molecule has 0 radical (unpaired) electrons. The molecule has 32 heavy (non-hydrogen) atoms. The van der Waals surface area contributed by atoms with Crippen molar-refractivity contribution in [1.29, 1.82) is 0 Å². The van der Waals surface area contributed by atoms with Crippen molar-refractivity contribution in [3.63, 3.8) is 0 Å². The summed E-state index contributed by atoms with van der Waals surface area (Å²) >= 11 is 5.99. The zero-order chi connectivity index (χ0) is 22.3. The Morgan fingerprint density at radius 2 is 1.81 bits per heavy atom. The van der Waals surface area contributed by atoms with E-state index >= 15 is 0 Å². The van der Waals surface area contributed by atoms with Crippen molar-refractivity contribution >= 4 is 23.2 Å². The summed E-state index contributed by atoms with van der Waals surface area (Å²) in [6.07, 6.45) is 4.73. The number of hydrogen-bond donors (Lipinski definition) is 1. The second-order valence-corrected chi connectivity index (χ2v) is 7.46. The lowest BCUT2D eigenvalue weighted by Crippen LogP contribution is -2.13. The van der Waals surface area contributed by atoms with Crippen molar-refractivity contribution in [3.8, 4) is 17.4 Å². The molecule has 160 valence electrons. The van der Waals surface area contributed by atoms with E-state index in [0.717, 1.165) is 11.1 Å². The number of amides is 1. The van der Waals surface area contributed by atoms with E-state index in [1.165, 1.54) is 6.20 Å².